The van der Waals surface area contributed by atoms with E-state index in [1.165, 1.54) is 6.92 Å². The van der Waals surface area contributed by atoms with Crippen LogP contribution in [-0.4, -0.2) is 71.5 Å². The average Bonchev–Trinajstić information content (AvgIpc) is 2.65. The molecule has 0 aromatic carbocycles. The highest BCUT2D eigenvalue weighted by Gasteiger charge is 2.22. The summed E-state index contributed by atoms with van der Waals surface area (Å²) in [5, 5.41) is 25.7. The molecule has 0 heterocycles. The van der Waals surface area contributed by atoms with Crippen LogP contribution >= 0.6 is 0 Å². The minimum atomic E-state index is -1.28. The van der Waals surface area contributed by atoms with Crippen molar-refractivity contribution in [3.63, 3.8) is 0 Å². The maximum atomic E-state index is 11.8. The summed E-state index contributed by atoms with van der Waals surface area (Å²) in [6, 6.07) is -2.65. The summed E-state index contributed by atoms with van der Waals surface area (Å²) < 4.78 is 0. The number of amides is 2. The third-order valence-corrected chi connectivity index (χ3v) is 4.37. The summed E-state index contributed by atoms with van der Waals surface area (Å²) in [7, 11) is 1.71. The number of rotatable bonds is 16. The van der Waals surface area contributed by atoms with E-state index in [0.717, 1.165) is 6.42 Å². The van der Waals surface area contributed by atoms with Gasteiger partial charge in [-0.1, -0.05) is 0 Å². The highest BCUT2D eigenvalue weighted by molar-refractivity contribution is 5.85. The van der Waals surface area contributed by atoms with E-state index in [1.54, 1.807) is 7.05 Å². The minimum absolute atomic E-state index is 0.0586. The lowest BCUT2D eigenvalue weighted by molar-refractivity contribution is -0.142. The molecule has 0 spiro atoms. The van der Waals surface area contributed by atoms with Gasteiger partial charge in [0.15, 0.2) is 0 Å². The van der Waals surface area contributed by atoms with Crippen LogP contribution in [0.5, 0.6) is 0 Å². The molecule has 0 radical (unpaired) electrons. The van der Waals surface area contributed by atoms with Crippen molar-refractivity contribution in [3.05, 3.63) is 0 Å². The van der Waals surface area contributed by atoms with Crippen LogP contribution in [0, 0.1) is 0 Å². The molecule has 0 aliphatic rings. The number of aliphatic carboxylic acids is 2. The second-order valence-electron chi connectivity index (χ2n) is 6.78. The Morgan fingerprint density at radius 3 is 2.00 bits per heavy atom. The lowest BCUT2D eigenvalue weighted by Gasteiger charge is -2.15. The first kappa shape index (κ1) is 26.5. The SMILES string of the molecule is CN[C@@H](CCCCNC(=O)CC[C@H](NC(=O)CC[C@H](N)C(=O)O)C(=O)O)C(C)=O. The molecule has 11 nitrogen and oxygen atoms in total. The third kappa shape index (κ3) is 12.5. The van der Waals surface area contributed by atoms with Gasteiger partial charge in [-0.3, -0.25) is 19.2 Å². The largest absolute Gasteiger partial charge is 0.480 e. The predicted octanol–water partition coefficient (Wildman–Crippen LogP) is -1.01. The normalized spacial score (nSPS) is 13.8. The number of carbonyl (C=O) groups is 5. The number of nitrogens with two attached hydrogens (primary N) is 1. The van der Waals surface area contributed by atoms with Crippen LogP contribution in [-0.2, 0) is 24.0 Å². The highest BCUT2D eigenvalue weighted by Crippen LogP contribution is 2.03. The number of carboxylic acids is 2. The number of Topliss-reactive ketones (excluding diaryl/α,β-unsaturated/α-hetero) is 1. The van der Waals surface area contributed by atoms with Gasteiger partial charge in [0, 0.05) is 19.4 Å². The molecule has 0 fully saturated rings. The van der Waals surface area contributed by atoms with E-state index in [4.69, 9.17) is 15.9 Å². The van der Waals surface area contributed by atoms with Gasteiger partial charge in [0.2, 0.25) is 11.8 Å². The Morgan fingerprint density at radius 1 is 0.862 bits per heavy atom. The molecule has 0 saturated carbocycles. The minimum Gasteiger partial charge on any atom is -0.480 e. The van der Waals surface area contributed by atoms with Crippen LogP contribution in [0.1, 0.15) is 51.9 Å². The average molecular weight is 416 g/mol. The molecule has 0 unspecified atom stereocenters. The van der Waals surface area contributed by atoms with Crippen LogP contribution in [0.4, 0.5) is 0 Å². The summed E-state index contributed by atoms with van der Waals surface area (Å²) in [4.78, 5) is 56.7. The zero-order valence-corrected chi connectivity index (χ0v) is 16.9. The zero-order valence-electron chi connectivity index (χ0n) is 16.9. The topological polar surface area (TPSA) is 188 Å². The molecule has 7 N–H and O–H groups in total. The van der Waals surface area contributed by atoms with Crippen LogP contribution in [0.2, 0.25) is 0 Å². The van der Waals surface area contributed by atoms with Crippen LogP contribution in [0.25, 0.3) is 0 Å². The zero-order chi connectivity index (χ0) is 22.4. The summed E-state index contributed by atoms with van der Waals surface area (Å²) >= 11 is 0. The van der Waals surface area contributed by atoms with E-state index < -0.39 is 29.9 Å². The van der Waals surface area contributed by atoms with Gasteiger partial charge in [-0.05, 0) is 46.1 Å². The molecular formula is C18H32N4O7. The number of likely N-dealkylation sites (N-methyl/N-ethyl adjacent to an activating group) is 1. The molecule has 0 rings (SSSR count). The van der Waals surface area contributed by atoms with Crippen molar-refractivity contribution in [2.45, 2.75) is 70.0 Å². The number of hydrogen-bond acceptors (Lipinski definition) is 7. The molecular weight excluding hydrogens is 384 g/mol. The van der Waals surface area contributed by atoms with Gasteiger partial charge in [-0.15, -0.1) is 0 Å². The Morgan fingerprint density at radius 2 is 1.48 bits per heavy atom. The Balaban J connectivity index is 4.14. The lowest BCUT2D eigenvalue weighted by atomic mass is 10.1. The molecule has 0 aromatic rings. The number of hydrogen-bond donors (Lipinski definition) is 6. The van der Waals surface area contributed by atoms with Crippen molar-refractivity contribution >= 4 is 29.5 Å². The fraction of sp³-hybridized carbons (Fsp3) is 0.722. The Bertz CT molecular complexity index is 583. The molecule has 2 amide bonds. The number of unbranched alkanes of at least 4 members (excludes halogenated alkanes) is 1. The van der Waals surface area contributed by atoms with Crippen molar-refractivity contribution in [1.29, 1.82) is 0 Å². The molecule has 29 heavy (non-hydrogen) atoms. The number of ketones is 1. The quantitative estimate of drug-likeness (QED) is 0.171. The monoisotopic (exact) mass is 416 g/mol. The summed E-state index contributed by atoms with van der Waals surface area (Å²) in [5.41, 5.74) is 5.29. The lowest BCUT2D eigenvalue weighted by Crippen LogP contribution is -2.42. The van der Waals surface area contributed by atoms with E-state index >= 15 is 0 Å². The highest BCUT2D eigenvalue weighted by atomic mass is 16.4. The first-order valence-corrected chi connectivity index (χ1v) is 9.53. The van der Waals surface area contributed by atoms with Gasteiger partial charge in [0.1, 0.15) is 17.9 Å². The van der Waals surface area contributed by atoms with Crippen molar-refractivity contribution in [2.24, 2.45) is 5.73 Å². The maximum absolute atomic E-state index is 11.8. The second-order valence-corrected chi connectivity index (χ2v) is 6.78. The maximum Gasteiger partial charge on any atom is 0.326 e. The molecule has 0 saturated heterocycles. The Labute approximate surface area is 169 Å². The van der Waals surface area contributed by atoms with E-state index in [9.17, 15) is 24.0 Å². The number of carboxylic acid groups (broad SMARTS) is 2. The van der Waals surface area contributed by atoms with E-state index in [-0.39, 0.29) is 43.4 Å². The van der Waals surface area contributed by atoms with Crippen molar-refractivity contribution in [3.8, 4) is 0 Å². The van der Waals surface area contributed by atoms with Crippen LogP contribution in [0.15, 0.2) is 0 Å². The Kier molecular flexibility index (Phi) is 13.2. The number of carbonyl (C=O) groups excluding carboxylic acids is 3. The van der Waals surface area contributed by atoms with Gasteiger partial charge >= 0.3 is 11.9 Å². The standard InChI is InChI=1S/C18H32N4O7/c1-11(23)13(20-2)5-3-4-10-21-15(24)9-7-14(18(28)29)22-16(25)8-6-12(19)17(26)27/h12-14,20H,3-10,19H2,1-2H3,(H,21,24)(H,22,25)(H,26,27)(H,28,29)/t12-,13-,14-/m0/s1. The van der Waals surface area contributed by atoms with Gasteiger partial charge in [-0.2, -0.15) is 0 Å². The fourth-order valence-electron chi connectivity index (χ4n) is 2.55. The van der Waals surface area contributed by atoms with Crippen LogP contribution in [0.3, 0.4) is 0 Å². The summed E-state index contributed by atoms with van der Waals surface area (Å²) in [6.07, 6.45) is 1.57. The second kappa shape index (κ2) is 14.5. The van der Waals surface area contributed by atoms with Gasteiger partial charge in [0.05, 0.1) is 6.04 Å². The molecule has 166 valence electrons. The third-order valence-electron chi connectivity index (χ3n) is 4.37. The van der Waals surface area contributed by atoms with E-state index in [1.807, 2.05) is 0 Å². The van der Waals surface area contributed by atoms with Gasteiger partial charge < -0.3 is 31.9 Å². The smallest absolute Gasteiger partial charge is 0.326 e. The Hall–Kier alpha value is -2.53. The number of nitrogens with one attached hydrogen (secondary N) is 3. The summed E-state index contributed by atoms with van der Waals surface area (Å²) in [5.74, 6) is -3.44. The van der Waals surface area contributed by atoms with Crippen molar-refractivity contribution in [1.82, 2.24) is 16.0 Å². The molecule has 3 atom stereocenters. The first-order chi connectivity index (χ1) is 13.6. The first-order valence-electron chi connectivity index (χ1n) is 9.53. The van der Waals surface area contributed by atoms with Gasteiger partial charge in [0.25, 0.3) is 0 Å². The fourth-order valence-corrected chi connectivity index (χ4v) is 2.55. The molecule has 11 heteroatoms. The predicted molar refractivity (Wildman–Crippen MR) is 104 cm³/mol. The van der Waals surface area contributed by atoms with Crippen LogP contribution < -0.4 is 21.7 Å². The molecule has 0 bridgehead atoms. The van der Waals surface area contributed by atoms with Crippen molar-refractivity contribution in [2.75, 3.05) is 13.6 Å². The van der Waals surface area contributed by atoms with Crippen molar-refractivity contribution < 1.29 is 34.2 Å². The van der Waals surface area contributed by atoms with Gasteiger partial charge in [-0.25, -0.2) is 4.79 Å². The molecule has 0 aliphatic carbocycles. The summed E-state index contributed by atoms with van der Waals surface area (Å²) in [6.45, 7) is 1.92. The van der Waals surface area contributed by atoms with E-state index in [2.05, 4.69) is 16.0 Å². The molecule has 0 aliphatic heterocycles. The van der Waals surface area contributed by atoms with E-state index in [0.29, 0.717) is 19.4 Å². The molecule has 0 aromatic heterocycles.